The van der Waals surface area contributed by atoms with E-state index in [-0.39, 0.29) is 24.5 Å². The van der Waals surface area contributed by atoms with Crippen molar-refractivity contribution in [2.24, 2.45) is 11.8 Å². The number of imidazole rings is 1. The first kappa shape index (κ1) is 19.0. The Hall–Kier alpha value is -2.97. The zero-order valence-corrected chi connectivity index (χ0v) is 16.7. The Morgan fingerprint density at radius 1 is 1.40 bits per heavy atom. The third-order valence-electron chi connectivity index (χ3n) is 6.35. The third kappa shape index (κ3) is 2.86. The van der Waals surface area contributed by atoms with Gasteiger partial charge in [0.15, 0.2) is 0 Å². The van der Waals surface area contributed by atoms with Crippen LogP contribution < -0.4 is 4.90 Å². The molecule has 3 aliphatic rings. The minimum absolute atomic E-state index is 0.0819. The number of amides is 2. The van der Waals surface area contributed by atoms with Crippen LogP contribution in [0.4, 0.5) is 5.69 Å². The molecule has 2 bridgehead atoms. The maximum atomic E-state index is 13.4. The van der Waals surface area contributed by atoms with E-state index in [1.807, 2.05) is 36.4 Å². The molecular formula is C22H24N4O4. The number of hydrogen-bond donors (Lipinski definition) is 2. The number of aliphatic hydroxyl groups excluding tert-OH is 1. The van der Waals surface area contributed by atoms with Gasteiger partial charge in [0, 0.05) is 31.7 Å². The fourth-order valence-corrected chi connectivity index (χ4v) is 4.91. The molecule has 3 aliphatic heterocycles. The Balaban J connectivity index is 1.39. The smallest absolute Gasteiger partial charge is 0.234 e. The number of carbonyl (C=O) groups is 2. The van der Waals surface area contributed by atoms with Crippen molar-refractivity contribution in [3.05, 3.63) is 60.2 Å². The minimum Gasteiger partial charge on any atom is -0.396 e. The summed E-state index contributed by atoms with van der Waals surface area (Å²) in [4.78, 5) is 37.2. The summed E-state index contributed by atoms with van der Waals surface area (Å²) in [6, 6.07) is 7.60. The molecule has 2 amide bonds. The van der Waals surface area contributed by atoms with Gasteiger partial charge in [0.05, 0.1) is 31.0 Å². The average molecular weight is 408 g/mol. The summed E-state index contributed by atoms with van der Waals surface area (Å²) in [5.74, 6) is -0.567. The molecule has 4 atom stereocenters. The SMILES string of the molecule is CN(Cc1ncc[nH]1)C(=O)[C@H]1[C@@H]2C=C[C@@]3(CN(c4ccc(CCO)cc4)C(=O)[C@@H]13)O2. The molecule has 2 N–H and O–H groups in total. The van der Waals surface area contributed by atoms with Crippen LogP contribution >= 0.6 is 0 Å². The van der Waals surface area contributed by atoms with Crippen molar-refractivity contribution in [3.63, 3.8) is 0 Å². The van der Waals surface area contributed by atoms with Crippen molar-refractivity contribution in [2.45, 2.75) is 24.7 Å². The predicted molar refractivity (Wildman–Crippen MR) is 108 cm³/mol. The molecule has 1 aromatic heterocycles. The molecule has 5 rings (SSSR count). The molecule has 0 aliphatic carbocycles. The van der Waals surface area contributed by atoms with E-state index in [2.05, 4.69) is 9.97 Å². The molecule has 30 heavy (non-hydrogen) atoms. The Morgan fingerprint density at radius 3 is 2.90 bits per heavy atom. The van der Waals surface area contributed by atoms with Crippen LogP contribution in [0.15, 0.2) is 48.8 Å². The van der Waals surface area contributed by atoms with Crippen molar-refractivity contribution in [2.75, 3.05) is 25.1 Å². The maximum Gasteiger partial charge on any atom is 0.234 e. The van der Waals surface area contributed by atoms with E-state index in [0.717, 1.165) is 11.3 Å². The number of nitrogens with one attached hydrogen (secondary N) is 1. The molecule has 0 saturated carbocycles. The van der Waals surface area contributed by atoms with E-state index in [1.165, 1.54) is 0 Å². The standard InChI is InChI=1S/C22H24N4O4/c1-25(12-17-23-9-10-24-17)20(28)18-16-6-8-22(30-16)13-26(21(29)19(18)22)15-4-2-14(3-5-15)7-11-27/h2-6,8-10,16,18-19,27H,7,11-13H2,1H3,(H,23,24)/t16-,18-,19+,22-/m0/s1. The number of aromatic amines is 1. The Kier molecular flexibility index (Phi) is 4.48. The summed E-state index contributed by atoms with van der Waals surface area (Å²) in [6.45, 7) is 0.833. The molecule has 1 aromatic carbocycles. The van der Waals surface area contributed by atoms with Crippen molar-refractivity contribution in [1.82, 2.24) is 14.9 Å². The van der Waals surface area contributed by atoms with Crippen LogP contribution in [0.3, 0.4) is 0 Å². The first-order valence-electron chi connectivity index (χ1n) is 10.1. The molecule has 2 fully saturated rings. The number of hydrogen-bond acceptors (Lipinski definition) is 5. The summed E-state index contributed by atoms with van der Waals surface area (Å²) in [5.41, 5.74) is 1.04. The number of aromatic nitrogens is 2. The van der Waals surface area contributed by atoms with Gasteiger partial charge >= 0.3 is 0 Å². The second-order valence-electron chi connectivity index (χ2n) is 8.19. The van der Waals surface area contributed by atoms with Crippen molar-refractivity contribution < 1.29 is 19.4 Å². The number of aliphatic hydroxyl groups is 1. The van der Waals surface area contributed by atoms with Crippen LogP contribution in [0.5, 0.6) is 0 Å². The second-order valence-corrected chi connectivity index (χ2v) is 8.19. The summed E-state index contributed by atoms with van der Waals surface area (Å²) in [7, 11) is 1.73. The average Bonchev–Trinajstić information content (AvgIpc) is 3.51. The van der Waals surface area contributed by atoms with Crippen molar-refractivity contribution in [3.8, 4) is 0 Å². The number of rotatable bonds is 6. The van der Waals surface area contributed by atoms with Gasteiger partial charge in [-0.25, -0.2) is 4.98 Å². The Bertz CT molecular complexity index is 987. The van der Waals surface area contributed by atoms with Crippen LogP contribution in [0, 0.1) is 11.8 Å². The lowest BCUT2D eigenvalue weighted by molar-refractivity contribution is -0.139. The summed E-state index contributed by atoms with van der Waals surface area (Å²) >= 11 is 0. The molecule has 2 saturated heterocycles. The molecule has 2 aromatic rings. The summed E-state index contributed by atoms with van der Waals surface area (Å²) in [5, 5.41) is 9.10. The normalized spacial score (nSPS) is 28.9. The zero-order chi connectivity index (χ0) is 20.9. The van der Waals surface area contributed by atoms with E-state index >= 15 is 0 Å². The van der Waals surface area contributed by atoms with Gasteiger partial charge < -0.3 is 24.6 Å². The molecule has 156 valence electrons. The fraction of sp³-hybridized carbons (Fsp3) is 0.409. The van der Waals surface area contributed by atoms with Crippen LogP contribution in [0.25, 0.3) is 0 Å². The number of fused-ring (bicyclic) bond motifs is 1. The second kappa shape index (κ2) is 7.07. The lowest BCUT2D eigenvalue weighted by Crippen LogP contribution is -2.44. The lowest BCUT2D eigenvalue weighted by atomic mass is 9.76. The molecule has 0 radical (unpaired) electrons. The minimum atomic E-state index is -0.753. The monoisotopic (exact) mass is 408 g/mol. The van der Waals surface area contributed by atoms with E-state index in [0.29, 0.717) is 25.3 Å². The number of benzene rings is 1. The number of nitrogens with zero attached hydrogens (tertiary/aromatic N) is 3. The Labute approximate surface area is 174 Å². The highest BCUT2D eigenvalue weighted by molar-refractivity contribution is 6.03. The quantitative estimate of drug-likeness (QED) is 0.692. The Morgan fingerprint density at radius 2 is 2.20 bits per heavy atom. The van der Waals surface area contributed by atoms with E-state index in [9.17, 15) is 9.59 Å². The third-order valence-corrected chi connectivity index (χ3v) is 6.35. The van der Waals surface area contributed by atoms with Crippen molar-refractivity contribution >= 4 is 17.5 Å². The van der Waals surface area contributed by atoms with Crippen LogP contribution in [-0.2, 0) is 27.3 Å². The highest BCUT2D eigenvalue weighted by Crippen LogP contribution is 2.53. The fourth-order valence-electron chi connectivity index (χ4n) is 4.91. The molecule has 4 heterocycles. The maximum absolute atomic E-state index is 13.4. The van der Waals surface area contributed by atoms with E-state index < -0.39 is 17.4 Å². The highest BCUT2D eigenvalue weighted by atomic mass is 16.5. The van der Waals surface area contributed by atoms with Crippen molar-refractivity contribution in [1.29, 1.82) is 0 Å². The molecule has 1 spiro atoms. The van der Waals surface area contributed by atoms with Crippen LogP contribution in [0.1, 0.15) is 11.4 Å². The topological polar surface area (TPSA) is 98.8 Å². The molecular weight excluding hydrogens is 384 g/mol. The van der Waals surface area contributed by atoms with E-state index in [4.69, 9.17) is 9.84 Å². The largest absolute Gasteiger partial charge is 0.396 e. The first-order valence-corrected chi connectivity index (χ1v) is 10.1. The van der Waals surface area contributed by atoms with Gasteiger partial charge in [-0.3, -0.25) is 9.59 Å². The zero-order valence-electron chi connectivity index (χ0n) is 16.7. The van der Waals surface area contributed by atoms with Gasteiger partial charge in [-0.05, 0) is 24.1 Å². The predicted octanol–water partition coefficient (Wildman–Crippen LogP) is 0.889. The van der Waals surface area contributed by atoms with Gasteiger partial charge in [-0.1, -0.05) is 24.3 Å². The molecule has 0 unspecified atom stereocenters. The number of ether oxygens (including phenoxy) is 1. The molecule has 8 heteroatoms. The van der Waals surface area contributed by atoms with Gasteiger partial charge in [0.2, 0.25) is 11.8 Å². The van der Waals surface area contributed by atoms with Gasteiger partial charge in [0.1, 0.15) is 11.4 Å². The number of H-pyrrole nitrogens is 1. The van der Waals surface area contributed by atoms with Gasteiger partial charge in [0.25, 0.3) is 0 Å². The van der Waals surface area contributed by atoms with Crippen LogP contribution in [0.2, 0.25) is 0 Å². The molecule has 8 nitrogen and oxygen atoms in total. The van der Waals surface area contributed by atoms with E-state index in [1.54, 1.807) is 29.2 Å². The van der Waals surface area contributed by atoms with Gasteiger partial charge in [-0.15, -0.1) is 0 Å². The number of anilines is 1. The summed E-state index contributed by atoms with van der Waals surface area (Å²) < 4.78 is 6.21. The van der Waals surface area contributed by atoms with Gasteiger partial charge in [-0.2, -0.15) is 0 Å². The first-order chi connectivity index (χ1) is 14.5. The lowest BCUT2D eigenvalue weighted by Gasteiger charge is -2.27. The number of carbonyl (C=O) groups excluding carboxylic acids is 2. The highest BCUT2D eigenvalue weighted by Gasteiger charge is 2.67. The summed E-state index contributed by atoms with van der Waals surface area (Å²) in [6.07, 6.45) is 7.44. The van der Waals surface area contributed by atoms with Crippen LogP contribution in [-0.4, -0.2) is 63.7 Å².